The van der Waals surface area contributed by atoms with Crippen LogP contribution in [-0.4, -0.2) is 42.8 Å². The Balaban J connectivity index is 2.40. The number of aromatic nitrogens is 6. The van der Waals surface area contributed by atoms with Gasteiger partial charge in [-0.2, -0.15) is 5.21 Å². The Morgan fingerprint density at radius 2 is 2.30 bits per heavy atom. The predicted octanol–water partition coefficient (Wildman–Crippen LogP) is 0.868. The van der Waals surface area contributed by atoms with Crippen molar-refractivity contribution in [1.82, 2.24) is 30.2 Å². The molecular formula is C12H8ClFN6O3. The van der Waals surface area contributed by atoms with Gasteiger partial charge in [0.15, 0.2) is 16.6 Å². The van der Waals surface area contributed by atoms with Crippen molar-refractivity contribution in [2.75, 3.05) is 6.61 Å². The van der Waals surface area contributed by atoms with Crippen LogP contribution in [0.15, 0.2) is 17.1 Å². The number of nitrogens with one attached hydrogen (secondary N) is 1. The molecule has 0 radical (unpaired) electrons. The van der Waals surface area contributed by atoms with E-state index < -0.39 is 22.4 Å². The standard InChI is InChI=1S/C12H8ClFN6O3/c1-2-23-11(22)6-4-20(12-16-18-19-17-12)10-5(8(6)21)3-7(14)9(13)15-10/h3-4H,2H2,1H3,(H,16,17,18,19). The zero-order valence-electron chi connectivity index (χ0n) is 11.6. The van der Waals surface area contributed by atoms with Crippen molar-refractivity contribution in [3.05, 3.63) is 39.0 Å². The molecule has 0 aliphatic rings. The Labute approximate surface area is 132 Å². The Kier molecular flexibility index (Phi) is 3.74. The minimum atomic E-state index is -0.892. The van der Waals surface area contributed by atoms with E-state index >= 15 is 0 Å². The second-order valence-electron chi connectivity index (χ2n) is 4.31. The summed E-state index contributed by atoms with van der Waals surface area (Å²) in [6.07, 6.45) is 1.15. The number of carbonyl (C=O) groups excluding carboxylic acids is 1. The number of carbonyl (C=O) groups is 1. The van der Waals surface area contributed by atoms with Crippen LogP contribution in [0.25, 0.3) is 17.0 Å². The molecule has 0 spiro atoms. The lowest BCUT2D eigenvalue weighted by atomic mass is 10.2. The third-order valence-electron chi connectivity index (χ3n) is 2.93. The smallest absolute Gasteiger partial charge is 0.343 e. The summed E-state index contributed by atoms with van der Waals surface area (Å²) in [4.78, 5) is 28.2. The number of fused-ring (bicyclic) bond motifs is 1. The summed E-state index contributed by atoms with van der Waals surface area (Å²) in [5.41, 5.74) is -1.07. The van der Waals surface area contributed by atoms with E-state index in [1.807, 2.05) is 0 Å². The average molecular weight is 339 g/mol. The number of pyridine rings is 2. The number of H-pyrrole nitrogens is 1. The lowest BCUT2D eigenvalue weighted by Crippen LogP contribution is -2.21. The van der Waals surface area contributed by atoms with Crippen molar-refractivity contribution >= 4 is 28.6 Å². The van der Waals surface area contributed by atoms with Crippen LogP contribution in [0.1, 0.15) is 17.3 Å². The molecule has 1 N–H and O–H groups in total. The number of halogens is 2. The summed E-state index contributed by atoms with van der Waals surface area (Å²) < 4.78 is 19.7. The third-order valence-corrected chi connectivity index (χ3v) is 3.20. The molecule has 0 amide bonds. The molecule has 3 heterocycles. The van der Waals surface area contributed by atoms with Crippen molar-refractivity contribution in [3.8, 4) is 5.95 Å². The normalized spacial score (nSPS) is 10.9. The fraction of sp³-hybridized carbons (Fsp3) is 0.167. The largest absolute Gasteiger partial charge is 0.462 e. The van der Waals surface area contributed by atoms with E-state index in [1.54, 1.807) is 6.92 Å². The number of aromatic amines is 1. The minimum Gasteiger partial charge on any atom is -0.462 e. The molecule has 9 nitrogen and oxygen atoms in total. The lowest BCUT2D eigenvalue weighted by Gasteiger charge is -2.09. The van der Waals surface area contributed by atoms with Gasteiger partial charge in [0.2, 0.25) is 5.43 Å². The molecule has 0 aliphatic heterocycles. The van der Waals surface area contributed by atoms with Gasteiger partial charge in [-0.25, -0.2) is 14.2 Å². The van der Waals surface area contributed by atoms with E-state index in [4.69, 9.17) is 16.3 Å². The maximum Gasteiger partial charge on any atom is 0.343 e. The van der Waals surface area contributed by atoms with Crippen LogP contribution in [-0.2, 0) is 4.74 Å². The first-order valence-electron chi connectivity index (χ1n) is 6.35. The molecule has 3 aromatic heterocycles. The van der Waals surface area contributed by atoms with Crippen LogP contribution in [0.5, 0.6) is 0 Å². The van der Waals surface area contributed by atoms with Gasteiger partial charge in [0.05, 0.1) is 12.0 Å². The zero-order chi connectivity index (χ0) is 16.6. The zero-order valence-corrected chi connectivity index (χ0v) is 12.3. The van der Waals surface area contributed by atoms with Gasteiger partial charge < -0.3 is 4.74 Å². The number of rotatable bonds is 3. The van der Waals surface area contributed by atoms with Crippen LogP contribution in [0, 0.1) is 5.82 Å². The van der Waals surface area contributed by atoms with E-state index in [9.17, 15) is 14.0 Å². The van der Waals surface area contributed by atoms with Gasteiger partial charge >= 0.3 is 5.97 Å². The molecule has 118 valence electrons. The quantitative estimate of drug-likeness (QED) is 0.556. The number of hydrogen-bond acceptors (Lipinski definition) is 7. The predicted molar refractivity (Wildman–Crippen MR) is 76.0 cm³/mol. The van der Waals surface area contributed by atoms with E-state index in [2.05, 4.69) is 25.6 Å². The van der Waals surface area contributed by atoms with Crippen molar-refractivity contribution < 1.29 is 13.9 Å². The maximum atomic E-state index is 13.7. The van der Waals surface area contributed by atoms with Gasteiger partial charge in [-0.05, 0) is 18.2 Å². The van der Waals surface area contributed by atoms with Gasteiger partial charge in [-0.1, -0.05) is 16.7 Å². The molecule has 0 aromatic carbocycles. The molecule has 0 fully saturated rings. The van der Waals surface area contributed by atoms with Crippen LogP contribution in [0.3, 0.4) is 0 Å². The molecule has 3 rings (SSSR count). The van der Waals surface area contributed by atoms with E-state index in [0.29, 0.717) is 0 Å². The molecule has 11 heteroatoms. The van der Waals surface area contributed by atoms with Crippen LogP contribution < -0.4 is 5.43 Å². The van der Waals surface area contributed by atoms with E-state index in [-0.39, 0.29) is 29.2 Å². The van der Waals surface area contributed by atoms with Crippen molar-refractivity contribution in [2.24, 2.45) is 0 Å². The topological polar surface area (TPSA) is 116 Å². The van der Waals surface area contributed by atoms with E-state index in [1.165, 1.54) is 4.57 Å². The summed E-state index contributed by atoms with van der Waals surface area (Å²) in [5, 5.41) is 12.5. The van der Waals surface area contributed by atoms with Crippen molar-refractivity contribution in [1.29, 1.82) is 0 Å². The van der Waals surface area contributed by atoms with Crippen molar-refractivity contribution in [3.63, 3.8) is 0 Å². The summed E-state index contributed by atoms with van der Waals surface area (Å²) in [7, 11) is 0. The number of hydrogen-bond donors (Lipinski definition) is 1. The number of esters is 1. The van der Waals surface area contributed by atoms with Gasteiger partial charge in [-0.3, -0.25) is 9.36 Å². The molecule has 0 aliphatic carbocycles. The molecule has 0 saturated heterocycles. The van der Waals surface area contributed by atoms with Crippen LogP contribution >= 0.6 is 11.6 Å². The molecule has 23 heavy (non-hydrogen) atoms. The van der Waals surface area contributed by atoms with Crippen LogP contribution in [0.4, 0.5) is 4.39 Å². The number of nitrogens with zero attached hydrogens (tertiary/aromatic N) is 5. The molecular weight excluding hydrogens is 331 g/mol. The second kappa shape index (κ2) is 5.72. The number of tetrazole rings is 1. The molecule has 0 saturated carbocycles. The minimum absolute atomic E-state index is 0.00396. The summed E-state index contributed by atoms with van der Waals surface area (Å²) in [6, 6.07) is 0.895. The first-order chi connectivity index (χ1) is 11.0. The molecule has 0 bridgehead atoms. The molecule has 0 unspecified atom stereocenters. The van der Waals surface area contributed by atoms with Crippen molar-refractivity contribution in [2.45, 2.75) is 6.92 Å². The summed E-state index contributed by atoms with van der Waals surface area (Å²) >= 11 is 5.67. The first-order valence-corrected chi connectivity index (χ1v) is 6.73. The lowest BCUT2D eigenvalue weighted by molar-refractivity contribution is 0.0524. The third kappa shape index (κ3) is 2.52. The van der Waals surface area contributed by atoms with Crippen LogP contribution in [0.2, 0.25) is 5.15 Å². The average Bonchev–Trinajstić information content (AvgIpc) is 3.04. The number of ether oxygens (including phenoxy) is 1. The first kappa shape index (κ1) is 15.0. The van der Waals surface area contributed by atoms with E-state index in [0.717, 1.165) is 12.3 Å². The van der Waals surface area contributed by atoms with Gasteiger partial charge in [0.25, 0.3) is 5.95 Å². The highest BCUT2D eigenvalue weighted by molar-refractivity contribution is 6.29. The van der Waals surface area contributed by atoms with Gasteiger partial charge in [0, 0.05) is 6.20 Å². The summed E-state index contributed by atoms with van der Waals surface area (Å²) in [6.45, 7) is 1.67. The highest BCUT2D eigenvalue weighted by Crippen LogP contribution is 2.19. The highest BCUT2D eigenvalue weighted by atomic mass is 35.5. The monoisotopic (exact) mass is 338 g/mol. The Morgan fingerprint density at radius 3 is 2.96 bits per heavy atom. The fourth-order valence-corrected chi connectivity index (χ4v) is 2.10. The Morgan fingerprint density at radius 1 is 1.52 bits per heavy atom. The molecule has 3 aromatic rings. The van der Waals surface area contributed by atoms with Gasteiger partial charge in [-0.15, -0.1) is 5.10 Å². The molecule has 0 atom stereocenters. The fourth-order valence-electron chi connectivity index (χ4n) is 1.97. The van der Waals surface area contributed by atoms with Gasteiger partial charge in [0.1, 0.15) is 5.56 Å². The second-order valence-corrected chi connectivity index (χ2v) is 4.66. The SMILES string of the molecule is CCOC(=O)c1cn(-c2nn[nH]n2)c2nc(Cl)c(F)cc2c1=O. The maximum absolute atomic E-state index is 13.7. The summed E-state index contributed by atoms with van der Waals surface area (Å²) in [5.74, 6) is -1.75. The Bertz CT molecular complexity index is 956. The Hall–Kier alpha value is -2.88. The highest BCUT2D eigenvalue weighted by Gasteiger charge is 2.21.